The second kappa shape index (κ2) is 6.59. The zero-order valence-corrected chi connectivity index (χ0v) is 14.0. The van der Waals surface area contributed by atoms with Crippen LogP contribution in [-0.4, -0.2) is 20.4 Å². The molecule has 0 spiro atoms. The van der Waals surface area contributed by atoms with Gasteiger partial charge < -0.3 is 10.5 Å². The molecule has 0 radical (unpaired) electrons. The van der Waals surface area contributed by atoms with E-state index in [9.17, 15) is 9.18 Å². The first-order valence-corrected chi connectivity index (χ1v) is 8.36. The standard InChI is InChI=1S/C19H17FN4O2/c20-16-10-14(21)3-6-17(16)26-19-18-13(7-8-24(18)23-11-22-19)9-12-1-4-15(25)5-2-12/h3,6-11H,1-2,4-5,21H2. The van der Waals surface area contributed by atoms with E-state index in [0.717, 1.165) is 18.4 Å². The Labute approximate surface area is 149 Å². The van der Waals surface area contributed by atoms with Crippen molar-refractivity contribution in [1.29, 1.82) is 0 Å². The van der Waals surface area contributed by atoms with Crippen molar-refractivity contribution in [3.05, 3.63) is 53.7 Å². The third-order valence-corrected chi connectivity index (χ3v) is 4.42. The number of nitrogens with two attached hydrogens (primary N) is 1. The molecule has 132 valence electrons. The monoisotopic (exact) mass is 352 g/mol. The number of halogens is 1. The number of allylic oxidation sites excluding steroid dienone is 1. The van der Waals surface area contributed by atoms with E-state index in [1.54, 1.807) is 16.8 Å². The van der Waals surface area contributed by atoms with Crippen LogP contribution in [0.1, 0.15) is 31.2 Å². The lowest BCUT2D eigenvalue weighted by Gasteiger charge is -2.13. The fraction of sp³-hybridized carbons (Fsp3) is 0.211. The summed E-state index contributed by atoms with van der Waals surface area (Å²) in [6.07, 6.45) is 7.86. The number of ketones is 1. The fourth-order valence-corrected chi connectivity index (χ4v) is 3.06. The molecule has 6 nitrogen and oxygen atoms in total. The first-order valence-electron chi connectivity index (χ1n) is 8.36. The van der Waals surface area contributed by atoms with Crippen LogP contribution in [0.15, 0.2) is 42.4 Å². The van der Waals surface area contributed by atoms with E-state index in [0.29, 0.717) is 29.8 Å². The Morgan fingerprint density at radius 3 is 2.77 bits per heavy atom. The van der Waals surface area contributed by atoms with Crippen LogP contribution in [0.2, 0.25) is 0 Å². The normalized spacial score (nSPS) is 14.7. The van der Waals surface area contributed by atoms with Gasteiger partial charge in [0.25, 0.3) is 0 Å². The highest BCUT2D eigenvalue weighted by Crippen LogP contribution is 2.31. The second-order valence-corrected chi connectivity index (χ2v) is 6.26. The lowest BCUT2D eigenvalue weighted by atomic mass is 9.92. The Morgan fingerprint density at radius 1 is 1.19 bits per heavy atom. The van der Waals surface area contributed by atoms with Gasteiger partial charge in [-0.15, -0.1) is 0 Å². The van der Waals surface area contributed by atoms with Crippen LogP contribution in [0, 0.1) is 5.82 Å². The third-order valence-electron chi connectivity index (χ3n) is 4.42. The average molecular weight is 352 g/mol. The lowest BCUT2D eigenvalue weighted by molar-refractivity contribution is -0.119. The summed E-state index contributed by atoms with van der Waals surface area (Å²) in [6.45, 7) is 0. The molecule has 0 aliphatic heterocycles. The number of Topliss-reactive ketones (excluding diaryl/α,β-unsaturated/α-hetero) is 1. The Balaban J connectivity index is 1.72. The number of benzene rings is 1. The number of aromatic nitrogens is 3. The summed E-state index contributed by atoms with van der Waals surface area (Å²) >= 11 is 0. The number of ether oxygens (including phenoxy) is 1. The van der Waals surface area contributed by atoms with Gasteiger partial charge >= 0.3 is 0 Å². The van der Waals surface area contributed by atoms with E-state index >= 15 is 0 Å². The Kier molecular flexibility index (Phi) is 4.12. The number of nitrogens with zero attached hydrogens (tertiary/aromatic N) is 3. The molecule has 1 aromatic carbocycles. The SMILES string of the molecule is Nc1ccc(Oc2ncnn3ccc(C=C4CCC(=O)CC4)c23)c(F)c1. The first-order chi connectivity index (χ1) is 12.6. The highest BCUT2D eigenvalue weighted by Gasteiger charge is 2.16. The molecular weight excluding hydrogens is 335 g/mol. The van der Waals surface area contributed by atoms with Crippen LogP contribution in [0.5, 0.6) is 11.6 Å². The predicted molar refractivity (Wildman–Crippen MR) is 95.3 cm³/mol. The minimum Gasteiger partial charge on any atom is -0.434 e. The summed E-state index contributed by atoms with van der Waals surface area (Å²) in [6, 6.07) is 6.14. The van der Waals surface area contributed by atoms with Gasteiger partial charge in [-0.3, -0.25) is 4.79 Å². The molecule has 1 aliphatic carbocycles. The van der Waals surface area contributed by atoms with Crippen LogP contribution >= 0.6 is 0 Å². The second-order valence-electron chi connectivity index (χ2n) is 6.26. The maximum Gasteiger partial charge on any atom is 0.247 e. The van der Waals surface area contributed by atoms with Crippen molar-refractivity contribution >= 4 is 23.1 Å². The van der Waals surface area contributed by atoms with E-state index in [1.165, 1.54) is 24.0 Å². The number of anilines is 1. The van der Waals surface area contributed by atoms with Crippen LogP contribution in [0.4, 0.5) is 10.1 Å². The Bertz CT molecular complexity index is 1010. The average Bonchev–Trinajstić information content (AvgIpc) is 3.03. The van der Waals surface area contributed by atoms with Crippen LogP contribution in [0.3, 0.4) is 0 Å². The minimum absolute atomic E-state index is 0.0443. The van der Waals surface area contributed by atoms with Crippen molar-refractivity contribution in [3.8, 4) is 11.6 Å². The maximum absolute atomic E-state index is 14.1. The zero-order chi connectivity index (χ0) is 18.1. The summed E-state index contributed by atoms with van der Waals surface area (Å²) in [5, 5.41) is 4.17. The van der Waals surface area contributed by atoms with Crippen LogP contribution in [-0.2, 0) is 4.79 Å². The predicted octanol–water partition coefficient (Wildman–Crippen LogP) is 3.77. The molecule has 3 aromatic rings. The molecule has 2 heterocycles. The van der Waals surface area contributed by atoms with E-state index in [-0.39, 0.29) is 11.6 Å². The fourth-order valence-electron chi connectivity index (χ4n) is 3.06. The van der Waals surface area contributed by atoms with Gasteiger partial charge in [-0.25, -0.2) is 8.91 Å². The van der Waals surface area contributed by atoms with E-state index in [1.807, 2.05) is 12.1 Å². The molecule has 0 unspecified atom stereocenters. The van der Waals surface area contributed by atoms with Crippen LogP contribution in [0.25, 0.3) is 11.6 Å². The Morgan fingerprint density at radius 2 is 2.00 bits per heavy atom. The van der Waals surface area contributed by atoms with Crippen molar-refractivity contribution in [3.63, 3.8) is 0 Å². The van der Waals surface area contributed by atoms with E-state index < -0.39 is 5.82 Å². The highest BCUT2D eigenvalue weighted by atomic mass is 19.1. The van der Waals surface area contributed by atoms with Crippen LogP contribution < -0.4 is 10.5 Å². The molecule has 7 heteroatoms. The van der Waals surface area contributed by atoms with Crippen molar-refractivity contribution in [2.24, 2.45) is 0 Å². The van der Waals surface area contributed by atoms with Crippen molar-refractivity contribution < 1.29 is 13.9 Å². The molecule has 0 bridgehead atoms. The molecule has 1 fully saturated rings. The summed E-state index contributed by atoms with van der Waals surface area (Å²) < 4.78 is 21.4. The number of hydrogen-bond donors (Lipinski definition) is 1. The quantitative estimate of drug-likeness (QED) is 0.726. The van der Waals surface area contributed by atoms with Crippen molar-refractivity contribution in [1.82, 2.24) is 14.6 Å². The van der Waals surface area contributed by atoms with Gasteiger partial charge in [0, 0.05) is 36.4 Å². The number of rotatable bonds is 3. The molecule has 2 aromatic heterocycles. The molecule has 0 saturated heterocycles. The molecule has 1 aliphatic rings. The van der Waals surface area contributed by atoms with Gasteiger partial charge in [0.05, 0.1) is 0 Å². The number of fused-ring (bicyclic) bond motifs is 1. The summed E-state index contributed by atoms with van der Waals surface area (Å²) in [7, 11) is 0. The van der Waals surface area contributed by atoms with Gasteiger partial charge in [0.2, 0.25) is 5.88 Å². The first kappa shape index (κ1) is 16.3. The summed E-state index contributed by atoms with van der Waals surface area (Å²) in [5.41, 5.74) is 8.62. The van der Waals surface area contributed by atoms with Gasteiger partial charge in [-0.2, -0.15) is 10.1 Å². The van der Waals surface area contributed by atoms with Gasteiger partial charge in [0.15, 0.2) is 11.6 Å². The topological polar surface area (TPSA) is 82.5 Å². The highest BCUT2D eigenvalue weighted by molar-refractivity contribution is 5.82. The lowest BCUT2D eigenvalue weighted by Crippen LogP contribution is -2.05. The largest absolute Gasteiger partial charge is 0.434 e. The molecule has 4 rings (SSSR count). The molecule has 26 heavy (non-hydrogen) atoms. The summed E-state index contributed by atoms with van der Waals surface area (Å²) in [5.74, 6) is 0.0457. The number of nitrogen functional groups attached to an aromatic ring is 1. The van der Waals surface area contributed by atoms with Crippen molar-refractivity contribution in [2.45, 2.75) is 25.7 Å². The van der Waals surface area contributed by atoms with Gasteiger partial charge in [-0.05, 0) is 31.0 Å². The summed E-state index contributed by atoms with van der Waals surface area (Å²) in [4.78, 5) is 15.6. The Hall–Kier alpha value is -3.22. The number of carbonyl (C=O) groups is 1. The molecule has 1 saturated carbocycles. The van der Waals surface area contributed by atoms with Gasteiger partial charge in [0.1, 0.15) is 17.6 Å². The maximum atomic E-state index is 14.1. The number of hydrogen-bond acceptors (Lipinski definition) is 5. The minimum atomic E-state index is -0.556. The molecule has 0 atom stereocenters. The smallest absolute Gasteiger partial charge is 0.247 e. The van der Waals surface area contributed by atoms with E-state index in [2.05, 4.69) is 10.1 Å². The number of carbonyl (C=O) groups excluding carboxylic acids is 1. The molecule has 2 N–H and O–H groups in total. The molecule has 0 amide bonds. The van der Waals surface area contributed by atoms with Crippen molar-refractivity contribution in [2.75, 3.05) is 5.73 Å². The van der Waals surface area contributed by atoms with E-state index in [4.69, 9.17) is 10.5 Å². The third kappa shape index (κ3) is 3.15. The molecular formula is C19H17FN4O2. The zero-order valence-electron chi connectivity index (χ0n) is 14.0. The van der Waals surface area contributed by atoms with Gasteiger partial charge in [-0.1, -0.05) is 11.6 Å².